The third-order valence-corrected chi connectivity index (χ3v) is 3.74. The number of nitrogens with two attached hydrogens (primary N) is 1. The van der Waals surface area contributed by atoms with E-state index in [4.69, 9.17) is 15.2 Å². The topological polar surface area (TPSA) is 74.4 Å². The minimum Gasteiger partial charge on any atom is -0.480 e. The zero-order valence-corrected chi connectivity index (χ0v) is 12.2. The molecule has 0 aliphatic carbocycles. The van der Waals surface area contributed by atoms with Gasteiger partial charge in [-0.3, -0.25) is 0 Å². The summed E-state index contributed by atoms with van der Waals surface area (Å²) in [6.45, 7) is 3.92. The molecule has 5 nitrogen and oxygen atoms in total. The summed E-state index contributed by atoms with van der Waals surface area (Å²) in [5.41, 5.74) is 7.16. The van der Waals surface area contributed by atoms with Crippen molar-refractivity contribution in [3.8, 4) is 5.75 Å². The van der Waals surface area contributed by atoms with Gasteiger partial charge in [-0.1, -0.05) is 12.1 Å². The number of hydrogen-bond donors (Lipinski definition) is 1. The zero-order chi connectivity index (χ0) is 14.5. The number of nitrogens with zero attached hydrogens (tertiary/aromatic N) is 1. The Balaban J connectivity index is 1.80. The predicted molar refractivity (Wildman–Crippen MR) is 77.7 cm³/mol. The Hall–Kier alpha value is -2.08. The van der Waals surface area contributed by atoms with Crippen molar-refractivity contribution in [3.63, 3.8) is 0 Å². The molecular weight excluding hydrogens is 276 g/mol. The number of thiazole rings is 1. The smallest absolute Gasteiger partial charge is 0.344 e. The molecule has 6 heteroatoms. The summed E-state index contributed by atoms with van der Waals surface area (Å²) in [6, 6.07) is 7.00. The third kappa shape index (κ3) is 3.71. The second kappa shape index (κ2) is 6.38. The minimum atomic E-state index is -0.446. The lowest BCUT2D eigenvalue weighted by molar-refractivity contribution is -0.147. The standard InChI is InChI=1S/C14H16N2O3S/c1-9-10(2)20-13(16-9)7-19-14(17)8-18-12-6-4-3-5-11(12)15/h3-6H,7-8,15H2,1-2H3. The van der Waals surface area contributed by atoms with Gasteiger partial charge in [0.1, 0.15) is 17.4 Å². The predicted octanol–water partition coefficient (Wildman–Crippen LogP) is 2.46. The van der Waals surface area contributed by atoms with E-state index in [2.05, 4.69) is 4.98 Å². The average molecular weight is 292 g/mol. The van der Waals surface area contributed by atoms with Crippen LogP contribution in [0.2, 0.25) is 0 Å². The number of rotatable bonds is 5. The highest BCUT2D eigenvalue weighted by Crippen LogP contribution is 2.20. The molecule has 0 atom stereocenters. The van der Waals surface area contributed by atoms with Gasteiger partial charge in [0.25, 0.3) is 0 Å². The van der Waals surface area contributed by atoms with Crippen LogP contribution in [-0.2, 0) is 16.1 Å². The van der Waals surface area contributed by atoms with Gasteiger partial charge in [0.05, 0.1) is 11.4 Å². The van der Waals surface area contributed by atoms with Gasteiger partial charge in [0, 0.05) is 4.88 Å². The molecule has 2 aromatic rings. The van der Waals surface area contributed by atoms with E-state index in [-0.39, 0.29) is 13.2 Å². The van der Waals surface area contributed by atoms with Gasteiger partial charge in [-0.05, 0) is 26.0 Å². The SMILES string of the molecule is Cc1nc(COC(=O)COc2ccccc2N)sc1C. The summed E-state index contributed by atoms with van der Waals surface area (Å²) in [7, 11) is 0. The first-order chi connectivity index (χ1) is 9.56. The van der Waals surface area contributed by atoms with Gasteiger partial charge in [-0.25, -0.2) is 9.78 Å². The van der Waals surface area contributed by atoms with Crippen molar-refractivity contribution in [2.75, 3.05) is 12.3 Å². The van der Waals surface area contributed by atoms with E-state index in [1.54, 1.807) is 24.3 Å². The van der Waals surface area contributed by atoms with Crippen LogP contribution in [0.4, 0.5) is 5.69 Å². The highest BCUT2D eigenvalue weighted by Gasteiger charge is 2.09. The lowest BCUT2D eigenvalue weighted by Crippen LogP contribution is -2.15. The Morgan fingerprint density at radius 3 is 2.75 bits per heavy atom. The van der Waals surface area contributed by atoms with Crippen LogP contribution in [-0.4, -0.2) is 17.6 Å². The fourth-order valence-electron chi connectivity index (χ4n) is 1.53. The highest BCUT2D eigenvalue weighted by atomic mass is 32.1. The highest BCUT2D eigenvalue weighted by molar-refractivity contribution is 7.11. The number of benzene rings is 1. The van der Waals surface area contributed by atoms with Crippen LogP contribution in [0.25, 0.3) is 0 Å². The Morgan fingerprint density at radius 1 is 1.35 bits per heavy atom. The largest absolute Gasteiger partial charge is 0.480 e. The van der Waals surface area contributed by atoms with E-state index in [1.165, 1.54) is 11.3 Å². The number of aromatic nitrogens is 1. The molecule has 1 aromatic carbocycles. The molecule has 0 unspecified atom stereocenters. The summed E-state index contributed by atoms with van der Waals surface area (Å²) >= 11 is 1.52. The van der Waals surface area contributed by atoms with Gasteiger partial charge in [0.15, 0.2) is 6.61 Å². The molecule has 0 radical (unpaired) electrons. The van der Waals surface area contributed by atoms with E-state index in [1.807, 2.05) is 13.8 Å². The Bertz CT molecular complexity index is 591. The molecule has 106 valence electrons. The van der Waals surface area contributed by atoms with Crippen molar-refractivity contribution in [1.82, 2.24) is 4.98 Å². The van der Waals surface area contributed by atoms with E-state index >= 15 is 0 Å². The summed E-state index contributed by atoms with van der Waals surface area (Å²) < 4.78 is 10.4. The molecule has 1 aromatic heterocycles. The summed E-state index contributed by atoms with van der Waals surface area (Å²) in [5.74, 6) is 0.0316. The van der Waals surface area contributed by atoms with Crippen molar-refractivity contribution in [3.05, 3.63) is 39.8 Å². The monoisotopic (exact) mass is 292 g/mol. The lowest BCUT2D eigenvalue weighted by Gasteiger charge is -2.07. The zero-order valence-electron chi connectivity index (χ0n) is 11.4. The van der Waals surface area contributed by atoms with E-state index in [9.17, 15) is 4.79 Å². The van der Waals surface area contributed by atoms with Crippen LogP contribution in [0.3, 0.4) is 0 Å². The Labute approximate surface area is 121 Å². The second-order valence-electron chi connectivity index (χ2n) is 4.24. The number of hydrogen-bond acceptors (Lipinski definition) is 6. The van der Waals surface area contributed by atoms with Gasteiger partial charge >= 0.3 is 5.97 Å². The molecule has 20 heavy (non-hydrogen) atoms. The summed E-state index contributed by atoms with van der Waals surface area (Å²) in [4.78, 5) is 17.0. The molecule has 2 rings (SSSR count). The number of carbonyl (C=O) groups is 1. The maximum Gasteiger partial charge on any atom is 0.344 e. The first-order valence-electron chi connectivity index (χ1n) is 6.12. The molecule has 0 aliphatic rings. The van der Waals surface area contributed by atoms with Gasteiger partial charge in [0.2, 0.25) is 0 Å². The van der Waals surface area contributed by atoms with Crippen molar-refractivity contribution in [2.45, 2.75) is 20.5 Å². The van der Waals surface area contributed by atoms with Crippen LogP contribution in [0, 0.1) is 13.8 Å². The minimum absolute atomic E-state index is 0.169. The van der Waals surface area contributed by atoms with Crippen molar-refractivity contribution in [1.29, 1.82) is 0 Å². The molecule has 0 saturated heterocycles. The van der Waals surface area contributed by atoms with Crippen molar-refractivity contribution < 1.29 is 14.3 Å². The van der Waals surface area contributed by atoms with Crippen LogP contribution >= 0.6 is 11.3 Å². The third-order valence-electron chi connectivity index (χ3n) is 2.69. The van der Waals surface area contributed by atoms with E-state index < -0.39 is 5.97 Å². The molecule has 0 aliphatic heterocycles. The van der Waals surface area contributed by atoms with Crippen molar-refractivity contribution in [2.24, 2.45) is 0 Å². The maximum absolute atomic E-state index is 11.6. The fraction of sp³-hybridized carbons (Fsp3) is 0.286. The average Bonchev–Trinajstić information content (AvgIpc) is 2.75. The van der Waals surface area contributed by atoms with Gasteiger partial charge < -0.3 is 15.2 Å². The van der Waals surface area contributed by atoms with Crippen LogP contribution < -0.4 is 10.5 Å². The van der Waals surface area contributed by atoms with Gasteiger partial charge in [-0.2, -0.15) is 0 Å². The molecule has 0 bridgehead atoms. The van der Waals surface area contributed by atoms with Gasteiger partial charge in [-0.15, -0.1) is 11.3 Å². The molecule has 0 saturated carbocycles. The summed E-state index contributed by atoms with van der Waals surface area (Å²) in [5, 5.41) is 0.785. The van der Waals surface area contributed by atoms with Crippen molar-refractivity contribution >= 4 is 23.0 Å². The number of para-hydroxylation sites is 2. The normalized spacial score (nSPS) is 10.3. The number of esters is 1. The molecule has 0 spiro atoms. The first kappa shape index (κ1) is 14.3. The lowest BCUT2D eigenvalue weighted by atomic mass is 10.3. The number of nitrogen functional groups attached to an aromatic ring is 1. The molecule has 0 amide bonds. The fourth-order valence-corrected chi connectivity index (χ4v) is 2.38. The van der Waals surface area contributed by atoms with Crippen LogP contribution in [0.5, 0.6) is 5.75 Å². The maximum atomic E-state index is 11.6. The van der Waals surface area contributed by atoms with E-state index in [0.29, 0.717) is 11.4 Å². The quantitative estimate of drug-likeness (QED) is 0.677. The molecule has 1 heterocycles. The van der Waals surface area contributed by atoms with Crippen LogP contribution in [0.15, 0.2) is 24.3 Å². The first-order valence-corrected chi connectivity index (χ1v) is 6.93. The molecule has 2 N–H and O–H groups in total. The number of ether oxygens (including phenoxy) is 2. The summed E-state index contributed by atoms with van der Waals surface area (Å²) in [6.07, 6.45) is 0. The molecular formula is C14H16N2O3S. The Kier molecular flexibility index (Phi) is 4.57. The Morgan fingerprint density at radius 2 is 2.10 bits per heavy atom. The second-order valence-corrected chi connectivity index (χ2v) is 5.52. The number of anilines is 1. The number of aryl methyl sites for hydroxylation is 2. The van der Waals surface area contributed by atoms with E-state index in [0.717, 1.165) is 15.6 Å². The number of carbonyl (C=O) groups excluding carboxylic acids is 1. The van der Waals surface area contributed by atoms with Crippen LogP contribution in [0.1, 0.15) is 15.6 Å². The molecule has 0 fully saturated rings.